The van der Waals surface area contributed by atoms with Crippen molar-refractivity contribution in [3.8, 4) is 11.5 Å². The third-order valence-electron chi connectivity index (χ3n) is 10.3. The number of rotatable bonds is 21. The van der Waals surface area contributed by atoms with Gasteiger partial charge in [0.1, 0.15) is 17.2 Å². The summed E-state index contributed by atoms with van der Waals surface area (Å²) in [5.74, 6) is -1.59. The van der Waals surface area contributed by atoms with Crippen molar-refractivity contribution in [2.45, 2.75) is 45.4 Å². The van der Waals surface area contributed by atoms with Crippen LogP contribution in [-0.4, -0.2) is 105 Å². The van der Waals surface area contributed by atoms with Crippen LogP contribution in [0.25, 0.3) is 10.8 Å². The summed E-state index contributed by atoms with van der Waals surface area (Å²) < 4.78 is 29.4. The summed E-state index contributed by atoms with van der Waals surface area (Å²) in [6.07, 6.45) is 2.87. The number of carbonyl (C=O) groups is 3. The quantitative estimate of drug-likeness (QED) is 0.0334. The highest BCUT2D eigenvalue weighted by Crippen LogP contribution is 2.32. The number of aliphatic imine (C=N–C) groups is 1. The third-order valence-corrected chi connectivity index (χ3v) is 11.7. The smallest absolute Gasteiger partial charge is 0.261 e. The summed E-state index contributed by atoms with van der Waals surface area (Å²) in [6.45, 7) is 14.5. The minimum atomic E-state index is -4.18. The summed E-state index contributed by atoms with van der Waals surface area (Å²) in [5, 5.41) is 31.2. The number of phenols is 2. The van der Waals surface area contributed by atoms with Crippen LogP contribution in [0.3, 0.4) is 0 Å². The SMILES string of the molecule is CCN(CC)CCCNC(=O)c1cc(NC(=O)c2ccc(NS(=O)(=O)c3ccc(O)c(N=Cc4c(O)ccc5ccccc45)c3)cc2)cc(C(=O)NCCCN(CC)CC)c1. The molecule has 0 aromatic heterocycles. The Morgan fingerprint density at radius 1 is 0.639 bits per heavy atom. The van der Waals surface area contributed by atoms with Crippen molar-refractivity contribution in [1.29, 1.82) is 0 Å². The van der Waals surface area contributed by atoms with Crippen molar-refractivity contribution >= 4 is 61.8 Å². The zero-order valence-corrected chi connectivity index (χ0v) is 35.9. The number of hydrogen-bond acceptors (Lipinski definition) is 10. The Kier molecular flexibility index (Phi) is 16.4. The summed E-state index contributed by atoms with van der Waals surface area (Å²) in [4.78, 5) is 48.7. The van der Waals surface area contributed by atoms with E-state index in [9.17, 15) is 33.0 Å². The Balaban J connectivity index is 1.28. The van der Waals surface area contributed by atoms with Crippen LogP contribution in [0.4, 0.5) is 17.1 Å². The molecule has 0 saturated heterocycles. The lowest BCUT2D eigenvalue weighted by molar-refractivity contribution is 0.0949. The first kappa shape index (κ1) is 45.8. The average Bonchev–Trinajstić information content (AvgIpc) is 3.26. The predicted octanol–water partition coefficient (Wildman–Crippen LogP) is 6.98. The highest BCUT2D eigenvalue weighted by Gasteiger charge is 2.19. The van der Waals surface area contributed by atoms with E-state index >= 15 is 0 Å². The highest BCUT2D eigenvalue weighted by atomic mass is 32.2. The van der Waals surface area contributed by atoms with Gasteiger partial charge in [0.05, 0.1) is 4.90 Å². The molecule has 322 valence electrons. The van der Waals surface area contributed by atoms with Gasteiger partial charge >= 0.3 is 0 Å². The van der Waals surface area contributed by atoms with Crippen LogP contribution in [0.1, 0.15) is 77.2 Å². The molecule has 5 aromatic carbocycles. The second-order valence-corrected chi connectivity index (χ2v) is 16.0. The van der Waals surface area contributed by atoms with Crippen LogP contribution in [0.2, 0.25) is 0 Å². The van der Waals surface area contributed by atoms with Crippen LogP contribution >= 0.6 is 0 Å². The van der Waals surface area contributed by atoms with Gasteiger partial charge in [0.2, 0.25) is 0 Å². The van der Waals surface area contributed by atoms with Crippen molar-refractivity contribution in [2.75, 3.05) is 62.4 Å². The molecule has 0 heterocycles. The van der Waals surface area contributed by atoms with E-state index in [4.69, 9.17) is 0 Å². The highest BCUT2D eigenvalue weighted by molar-refractivity contribution is 7.92. The van der Waals surface area contributed by atoms with E-state index in [-0.39, 0.29) is 62.0 Å². The lowest BCUT2D eigenvalue weighted by atomic mass is 10.0. The first-order valence-corrected chi connectivity index (χ1v) is 22.0. The molecule has 0 radical (unpaired) electrons. The molecule has 14 nitrogen and oxygen atoms in total. The molecule has 0 atom stereocenters. The lowest BCUT2D eigenvalue weighted by Crippen LogP contribution is -2.31. The Morgan fingerprint density at radius 3 is 1.80 bits per heavy atom. The maximum absolute atomic E-state index is 13.5. The van der Waals surface area contributed by atoms with E-state index < -0.39 is 15.9 Å². The molecular formula is C46H55N7O7S. The molecule has 0 fully saturated rings. The Morgan fingerprint density at radius 2 is 1.21 bits per heavy atom. The molecule has 0 aliphatic rings. The lowest BCUT2D eigenvalue weighted by Gasteiger charge is -2.18. The molecule has 6 N–H and O–H groups in total. The van der Waals surface area contributed by atoms with E-state index in [1.54, 1.807) is 6.07 Å². The second-order valence-electron chi connectivity index (χ2n) is 14.3. The van der Waals surface area contributed by atoms with Gasteiger partial charge in [-0.3, -0.25) is 24.1 Å². The van der Waals surface area contributed by atoms with Crippen LogP contribution < -0.4 is 20.7 Å². The number of fused-ring (bicyclic) bond motifs is 1. The largest absolute Gasteiger partial charge is 0.507 e. The van der Waals surface area contributed by atoms with Gasteiger partial charge < -0.3 is 36.0 Å². The molecule has 15 heteroatoms. The molecule has 0 bridgehead atoms. The van der Waals surface area contributed by atoms with Crippen LogP contribution in [0.5, 0.6) is 11.5 Å². The standard InChI is InChI=1S/C46H55N7O7S/c1-5-52(6-2)25-11-23-47-44(56)34-27-35(45(57)48-24-12-26-53(7-3)8-4)29-37(28-34)50-46(58)33-15-18-36(19-16-33)51-61(59,60)38-20-22-43(55)41(30-38)49-31-40-39-14-10-9-13-32(39)17-21-42(40)54/h9-10,13-22,27-31,51,54-55H,5-8,11-12,23-26H2,1-4H3,(H,47,56)(H,48,57)(H,50,58). The van der Waals surface area contributed by atoms with Gasteiger partial charge in [-0.2, -0.15) is 0 Å². The van der Waals surface area contributed by atoms with Gasteiger partial charge in [-0.25, -0.2) is 8.42 Å². The number of anilines is 2. The van der Waals surface area contributed by atoms with Gasteiger partial charge in [-0.05, 0) is 130 Å². The van der Waals surface area contributed by atoms with Crippen LogP contribution in [0, 0.1) is 0 Å². The van der Waals surface area contributed by atoms with E-state index in [1.165, 1.54) is 72.9 Å². The molecule has 3 amide bonds. The molecule has 5 rings (SSSR count). The first-order chi connectivity index (χ1) is 29.3. The fourth-order valence-electron chi connectivity index (χ4n) is 6.69. The van der Waals surface area contributed by atoms with Gasteiger partial charge in [0, 0.05) is 52.9 Å². The molecule has 5 aromatic rings. The maximum atomic E-state index is 13.5. The zero-order chi connectivity index (χ0) is 43.9. The summed E-state index contributed by atoms with van der Waals surface area (Å²) >= 11 is 0. The molecular weight excluding hydrogens is 795 g/mol. The minimum absolute atomic E-state index is 0.0257. The van der Waals surface area contributed by atoms with E-state index in [0.717, 1.165) is 62.9 Å². The van der Waals surface area contributed by atoms with Gasteiger partial charge in [-0.15, -0.1) is 0 Å². The van der Waals surface area contributed by atoms with Crippen molar-refractivity contribution < 1.29 is 33.0 Å². The summed E-state index contributed by atoms with van der Waals surface area (Å²) in [7, 11) is -4.18. The number of nitrogens with zero attached hydrogens (tertiary/aromatic N) is 3. The molecule has 0 unspecified atom stereocenters. The van der Waals surface area contributed by atoms with Gasteiger partial charge in [0.25, 0.3) is 27.7 Å². The molecule has 0 aliphatic heterocycles. The number of phenolic OH excluding ortho intramolecular Hbond substituents is 2. The van der Waals surface area contributed by atoms with Crippen LogP contribution in [-0.2, 0) is 10.0 Å². The fraction of sp³-hybridized carbons (Fsp3) is 0.304. The number of hydrogen-bond donors (Lipinski definition) is 6. The Labute approximate surface area is 357 Å². The van der Waals surface area contributed by atoms with E-state index in [2.05, 4.69) is 63.2 Å². The van der Waals surface area contributed by atoms with Crippen molar-refractivity contribution in [1.82, 2.24) is 20.4 Å². The van der Waals surface area contributed by atoms with E-state index in [1.807, 2.05) is 24.3 Å². The topological polar surface area (TPSA) is 193 Å². The Hall–Kier alpha value is -6.29. The number of nitrogens with one attached hydrogen (secondary N) is 4. The molecule has 61 heavy (non-hydrogen) atoms. The monoisotopic (exact) mass is 849 g/mol. The number of aromatic hydroxyl groups is 2. The van der Waals surface area contributed by atoms with Crippen LogP contribution in [0.15, 0.2) is 107 Å². The van der Waals surface area contributed by atoms with Gasteiger partial charge in [0.15, 0.2) is 0 Å². The fourth-order valence-corrected chi connectivity index (χ4v) is 7.77. The molecule has 0 spiro atoms. The number of sulfonamides is 1. The van der Waals surface area contributed by atoms with Crippen molar-refractivity contribution in [3.63, 3.8) is 0 Å². The number of benzene rings is 5. The third kappa shape index (κ3) is 12.6. The second kappa shape index (κ2) is 21.8. The maximum Gasteiger partial charge on any atom is 0.261 e. The summed E-state index contributed by atoms with van der Waals surface area (Å²) in [6, 6.07) is 24.6. The van der Waals surface area contributed by atoms with Crippen molar-refractivity contribution in [2.24, 2.45) is 4.99 Å². The Bertz CT molecular complexity index is 2400. The zero-order valence-electron chi connectivity index (χ0n) is 35.1. The first-order valence-electron chi connectivity index (χ1n) is 20.5. The normalized spacial score (nSPS) is 11.6. The van der Waals surface area contributed by atoms with E-state index in [0.29, 0.717) is 18.7 Å². The number of amides is 3. The van der Waals surface area contributed by atoms with Crippen molar-refractivity contribution in [3.05, 3.63) is 119 Å². The predicted molar refractivity (Wildman–Crippen MR) is 242 cm³/mol. The molecule has 0 aliphatic carbocycles. The van der Waals surface area contributed by atoms with Gasteiger partial charge in [-0.1, -0.05) is 58.0 Å². The average molecular weight is 850 g/mol. The summed E-state index contributed by atoms with van der Waals surface area (Å²) in [5.41, 5.74) is 1.40. The molecule has 0 saturated carbocycles. The number of carbonyl (C=O) groups excluding carboxylic acids is 3. The minimum Gasteiger partial charge on any atom is -0.507 e.